The summed E-state index contributed by atoms with van der Waals surface area (Å²) in [6.45, 7) is 1.59. The zero-order valence-corrected chi connectivity index (χ0v) is 14.1. The predicted molar refractivity (Wildman–Crippen MR) is 87.9 cm³/mol. The Hall–Kier alpha value is -1.10. The molecule has 1 aliphatic heterocycles. The molecule has 0 unspecified atom stereocenters. The molecule has 2 N–H and O–H groups in total. The third kappa shape index (κ3) is 4.69. The summed E-state index contributed by atoms with van der Waals surface area (Å²) in [5.41, 5.74) is -0.653. The van der Waals surface area contributed by atoms with E-state index in [2.05, 4.69) is 10.6 Å². The Morgan fingerprint density at radius 3 is 2.48 bits per heavy atom. The summed E-state index contributed by atoms with van der Waals surface area (Å²) in [7, 11) is 0. The summed E-state index contributed by atoms with van der Waals surface area (Å²) < 4.78 is 5.68. The Morgan fingerprint density at radius 1 is 1.04 bits per heavy atom. The molecule has 23 heavy (non-hydrogen) atoms. The van der Waals surface area contributed by atoms with Crippen LogP contribution in [0.2, 0.25) is 0 Å². The second-order valence-electron chi connectivity index (χ2n) is 7.52. The SMILES string of the molecule is O=C(CC[C@H]1CCCCO1)NC1(C(=O)NCC2CC2)CCCC1. The van der Waals surface area contributed by atoms with Gasteiger partial charge in [0, 0.05) is 19.6 Å². The van der Waals surface area contributed by atoms with Crippen molar-refractivity contribution in [3.8, 4) is 0 Å². The number of amides is 2. The molecule has 5 nitrogen and oxygen atoms in total. The van der Waals surface area contributed by atoms with Crippen LogP contribution in [-0.4, -0.2) is 36.6 Å². The molecule has 5 heteroatoms. The van der Waals surface area contributed by atoms with Crippen molar-refractivity contribution >= 4 is 11.8 Å². The number of rotatable bonds is 7. The van der Waals surface area contributed by atoms with E-state index in [1.165, 1.54) is 19.3 Å². The van der Waals surface area contributed by atoms with Crippen molar-refractivity contribution in [1.82, 2.24) is 10.6 Å². The molecule has 3 aliphatic rings. The standard InChI is InChI=1S/C18H30N2O3/c21-16(9-8-15-5-1-4-12-23-15)20-18(10-2-3-11-18)17(22)19-13-14-6-7-14/h14-15H,1-13H2,(H,19,22)(H,20,21)/t15-/m1/s1. The highest BCUT2D eigenvalue weighted by molar-refractivity contribution is 5.91. The van der Waals surface area contributed by atoms with Gasteiger partial charge in [0.1, 0.15) is 5.54 Å². The van der Waals surface area contributed by atoms with Crippen LogP contribution < -0.4 is 10.6 Å². The monoisotopic (exact) mass is 322 g/mol. The number of carbonyl (C=O) groups is 2. The van der Waals surface area contributed by atoms with Crippen LogP contribution in [0, 0.1) is 5.92 Å². The number of hydrogen-bond donors (Lipinski definition) is 2. The van der Waals surface area contributed by atoms with Gasteiger partial charge < -0.3 is 15.4 Å². The fourth-order valence-corrected chi connectivity index (χ4v) is 3.77. The van der Waals surface area contributed by atoms with Gasteiger partial charge in [-0.05, 0) is 57.3 Å². The van der Waals surface area contributed by atoms with Crippen LogP contribution in [0.15, 0.2) is 0 Å². The first-order valence-electron chi connectivity index (χ1n) is 9.39. The fraction of sp³-hybridized carbons (Fsp3) is 0.889. The highest BCUT2D eigenvalue weighted by Crippen LogP contribution is 2.32. The van der Waals surface area contributed by atoms with E-state index < -0.39 is 5.54 Å². The molecule has 2 saturated carbocycles. The molecule has 3 rings (SSSR count). The highest BCUT2D eigenvalue weighted by Gasteiger charge is 2.42. The van der Waals surface area contributed by atoms with Crippen molar-refractivity contribution in [2.45, 2.75) is 82.3 Å². The first kappa shape index (κ1) is 16.7. The van der Waals surface area contributed by atoms with Gasteiger partial charge in [-0.1, -0.05) is 12.8 Å². The molecular weight excluding hydrogens is 292 g/mol. The van der Waals surface area contributed by atoms with Gasteiger partial charge in [0.25, 0.3) is 0 Å². The largest absolute Gasteiger partial charge is 0.378 e. The number of carbonyl (C=O) groups excluding carboxylic acids is 2. The number of nitrogens with one attached hydrogen (secondary N) is 2. The minimum atomic E-state index is -0.653. The molecule has 1 saturated heterocycles. The minimum Gasteiger partial charge on any atom is -0.378 e. The van der Waals surface area contributed by atoms with E-state index in [4.69, 9.17) is 4.74 Å². The Kier molecular flexibility index (Phi) is 5.57. The molecule has 0 aromatic heterocycles. The van der Waals surface area contributed by atoms with E-state index in [0.717, 1.165) is 58.1 Å². The smallest absolute Gasteiger partial charge is 0.245 e. The van der Waals surface area contributed by atoms with E-state index in [1.807, 2.05) is 0 Å². The Labute approximate surface area is 138 Å². The second kappa shape index (κ2) is 7.65. The normalized spacial score (nSPS) is 26.7. The van der Waals surface area contributed by atoms with Gasteiger partial charge in [-0.2, -0.15) is 0 Å². The molecule has 3 fully saturated rings. The lowest BCUT2D eigenvalue weighted by Gasteiger charge is -2.29. The van der Waals surface area contributed by atoms with Crippen LogP contribution in [0.25, 0.3) is 0 Å². The summed E-state index contributed by atoms with van der Waals surface area (Å²) in [6, 6.07) is 0. The Balaban J connectivity index is 1.47. The number of ether oxygens (including phenoxy) is 1. The first-order valence-corrected chi connectivity index (χ1v) is 9.39. The van der Waals surface area contributed by atoms with Gasteiger partial charge in [0.15, 0.2) is 0 Å². The molecular formula is C18H30N2O3. The van der Waals surface area contributed by atoms with Crippen LogP contribution in [0.1, 0.15) is 70.6 Å². The molecule has 2 amide bonds. The Bertz CT molecular complexity index is 422. The van der Waals surface area contributed by atoms with Gasteiger partial charge in [-0.3, -0.25) is 9.59 Å². The lowest BCUT2D eigenvalue weighted by atomic mass is 9.95. The summed E-state index contributed by atoms with van der Waals surface area (Å²) in [4.78, 5) is 24.9. The van der Waals surface area contributed by atoms with Crippen molar-refractivity contribution in [2.75, 3.05) is 13.2 Å². The summed E-state index contributed by atoms with van der Waals surface area (Å²) in [6.07, 6.45) is 10.9. The third-order valence-corrected chi connectivity index (χ3v) is 5.49. The Morgan fingerprint density at radius 2 is 1.83 bits per heavy atom. The van der Waals surface area contributed by atoms with E-state index in [0.29, 0.717) is 12.3 Å². The third-order valence-electron chi connectivity index (χ3n) is 5.49. The molecule has 0 bridgehead atoms. The molecule has 0 aromatic rings. The van der Waals surface area contributed by atoms with E-state index >= 15 is 0 Å². The van der Waals surface area contributed by atoms with Crippen molar-refractivity contribution < 1.29 is 14.3 Å². The maximum atomic E-state index is 12.6. The van der Waals surface area contributed by atoms with Gasteiger partial charge in [0.2, 0.25) is 11.8 Å². The molecule has 0 radical (unpaired) electrons. The minimum absolute atomic E-state index is 0.00245. The summed E-state index contributed by atoms with van der Waals surface area (Å²) in [5.74, 6) is 0.698. The van der Waals surface area contributed by atoms with Gasteiger partial charge >= 0.3 is 0 Å². The fourth-order valence-electron chi connectivity index (χ4n) is 3.77. The lowest BCUT2D eigenvalue weighted by molar-refractivity contribution is -0.134. The van der Waals surface area contributed by atoms with Crippen LogP contribution in [0.5, 0.6) is 0 Å². The van der Waals surface area contributed by atoms with Gasteiger partial charge in [0.05, 0.1) is 6.10 Å². The molecule has 0 spiro atoms. The van der Waals surface area contributed by atoms with Crippen molar-refractivity contribution in [3.63, 3.8) is 0 Å². The van der Waals surface area contributed by atoms with Crippen LogP contribution in [-0.2, 0) is 14.3 Å². The van der Waals surface area contributed by atoms with Crippen LogP contribution in [0.4, 0.5) is 0 Å². The predicted octanol–water partition coefficient (Wildman–Crippen LogP) is 2.29. The molecule has 0 aromatic carbocycles. The topological polar surface area (TPSA) is 67.4 Å². The van der Waals surface area contributed by atoms with Crippen molar-refractivity contribution in [3.05, 3.63) is 0 Å². The van der Waals surface area contributed by atoms with Crippen LogP contribution >= 0.6 is 0 Å². The van der Waals surface area contributed by atoms with E-state index in [9.17, 15) is 9.59 Å². The average Bonchev–Trinajstić information content (AvgIpc) is 3.29. The van der Waals surface area contributed by atoms with E-state index in [1.54, 1.807) is 0 Å². The zero-order chi connectivity index (χ0) is 16.1. The molecule has 1 heterocycles. The van der Waals surface area contributed by atoms with Crippen molar-refractivity contribution in [2.24, 2.45) is 5.92 Å². The zero-order valence-electron chi connectivity index (χ0n) is 14.1. The van der Waals surface area contributed by atoms with Gasteiger partial charge in [-0.15, -0.1) is 0 Å². The maximum Gasteiger partial charge on any atom is 0.245 e. The molecule has 130 valence electrons. The first-order chi connectivity index (χ1) is 11.2. The quantitative estimate of drug-likeness (QED) is 0.756. The summed E-state index contributed by atoms with van der Waals surface area (Å²) in [5, 5.41) is 6.13. The van der Waals surface area contributed by atoms with Gasteiger partial charge in [-0.25, -0.2) is 0 Å². The van der Waals surface area contributed by atoms with Crippen molar-refractivity contribution in [1.29, 1.82) is 0 Å². The highest BCUT2D eigenvalue weighted by atomic mass is 16.5. The summed E-state index contributed by atoms with van der Waals surface area (Å²) >= 11 is 0. The molecule has 2 aliphatic carbocycles. The molecule has 1 atom stereocenters. The second-order valence-corrected chi connectivity index (χ2v) is 7.52. The van der Waals surface area contributed by atoms with E-state index in [-0.39, 0.29) is 17.9 Å². The van der Waals surface area contributed by atoms with Crippen LogP contribution in [0.3, 0.4) is 0 Å². The number of hydrogen-bond acceptors (Lipinski definition) is 3. The maximum absolute atomic E-state index is 12.6. The average molecular weight is 322 g/mol. The lowest BCUT2D eigenvalue weighted by Crippen LogP contribution is -2.57.